The number of allylic oxidation sites excluding steroid dienone is 4. The molecule has 0 bridgehead atoms. The first-order valence-electron chi connectivity index (χ1n) is 10.2. The number of halogens is 2. The van der Waals surface area contributed by atoms with E-state index in [0.717, 1.165) is 39.7 Å². The van der Waals surface area contributed by atoms with E-state index in [-0.39, 0.29) is 5.76 Å². The Balaban J connectivity index is 1.75. The van der Waals surface area contributed by atoms with Crippen molar-refractivity contribution in [3.8, 4) is 0 Å². The fourth-order valence-corrected chi connectivity index (χ4v) is 4.64. The van der Waals surface area contributed by atoms with Gasteiger partial charge in [-0.05, 0) is 86.6 Å². The van der Waals surface area contributed by atoms with E-state index in [1.807, 2.05) is 0 Å². The number of aliphatic hydroxyl groups excluding tert-OH is 1. The van der Waals surface area contributed by atoms with Crippen molar-refractivity contribution in [1.29, 1.82) is 0 Å². The summed E-state index contributed by atoms with van der Waals surface area (Å²) in [7, 11) is 0. The smallest absolute Gasteiger partial charge is 0.159 e. The van der Waals surface area contributed by atoms with E-state index in [9.17, 15) is 13.9 Å². The highest BCUT2D eigenvalue weighted by atomic mass is 32.1. The Morgan fingerprint density at radius 1 is 1.10 bits per heavy atom. The maximum atomic E-state index is 13.6. The normalized spacial score (nSPS) is 11.0. The molecule has 3 rings (SSSR count). The molecule has 2 aromatic carbocycles. The molecular weight excluding hydrogens is 412 g/mol. The zero-order valence-electron chi connectivity index (χ0n) is 18.2. The Bertz CT molecular complexity index is 1190. The molecule has 2 nitrogen and oxygen atoms in total. The lowest BCUT2D eigenvalue weighted by molar-refractivity contribution is 0.401. The van der Waals surface area contributed by atoms with Crippen LogP contribution < -0.4 is 0 Å². The molecule has 0 spiro atoms. The SMILES string of the molecule is C=C(O)Cc1nc2cc(CCC(CC(=C)c3ccc(F)c(F)c3)=C(C)C)c(C)cc2s1. The number of thiazole rings is 1. The van der Waals surface area contributed by atoms with Crippen LogP contribution >= 0.6 is 11.3 Å². The Hall–Kier alpha value is -2.79. The highest BCUT2D eigenvalue weighted by molar-refractivity contribution is 7.18. The van der Waals surface area contributed by atoms with Crippen LogP contribution in [0.25, 0.3) is 15.8 Å². The van der Waals surface area contributed by atoms with E-state index in [2.05, 4.69) is 51.0 Å². The molecule has 1 N–H and O–H groups in total. The average Bonchev–Trinajstić information content (AvgIpc) is 3.06. The Kier molecular flexibility index (Phi) is 7.06. The van der Waals surface area contributed by atoms with Crippen molar-refractivity contribution in [3.05, 3.63) is 93.7 Å². The molecule has 0 saturated heterocycles. The number of nitrogens with zero attached hydrogens (tertiary/aromatic N) is 1. The van der Waals surface area contributed by atoms with E-state index >= 15 is 0 Å². The van der Waals surface area contributed by atoms with Gasteiger partial charge in [0.1, 0.15) is 5.01 Å². The quantitative estimate of drug-likeness (QED) is 0.286. The fraction of sp³-hybridized carbons (Fsp3) is 0.269. The first-order valence-corrected chi connectivity index (χ1v) is 11.0. The van der Waals surface area contributed by atoms with Gasteiger partial charge in [-0.1, -0.05) is 30.4 Å². The second kappa shape index (κ2) is 9.56. The Morgan fingerprint density at radius 2 is 1.84 bits per heavy atom. The van der Waals surface area contributed by atoms with Gasteiger partial charge in [0.25, 0.3) is 0 Å². The first kappa shape index (κ1) is 22.9. The zero-order valence-corrected chi connectivity index (χ0v) is 19.0. The molecule has 1 heterocycles. The van der Waals surface area contributed by atoms with Crippen LogP contribution in [0, 0.1) is 18.6 Å². The lowest BCUT2D eigenvalue weighted by Crippen LogP contribution is -1.97. The van der Waals surface area contributed by atoms with Crippen molar-refractivity contribution in [2.45, 2.75) is 46.5 Å². The molecule has 0 atom stereocenters. The summed E-state index contributed by atoms with van der Waals surface area (Å²) in [6.07, 6.45) is 2.70. The van der Waals surface area contributed by atoms with Crippen LogP contribution in [0.2, 0.25) is 0 Å². The summed E-state index contributed by atoms with van der Waals surface area (Å²) < 4.78 is 27.9. The maximum absolute atomic E-state index is 13.6. The Morgan fingerprint density at radius 3 is 2.48 bits per heavy atom. The number of fused-ring (bicyclic) bond motifs is 1. The molecule has 0 fully saturated rings. The molecule has 162 valence electrons. The number of aryl methyl sites for hydroxylation is 2. The van der Waals surface area contributed by atoms with Crippen molar-refractivity contribution < 1.29 is 13.9 Å². The van der Waals surface area contributed by atoms with Crippen LogP contribution in [0.4, 0.5) is 8.78 Å². The van der Waals surface area contributed by atoms with E-state index in [1.54, 1.807) is 17.4 Å². The van der Waals surface area contributed by atoms with Gasteiger partial charge in [-0.2, -0.15) is 0 Å². The summed E-state index contributed by atoms with van der Waals surface area (Å²) in [5, 5.41) is 10.3. The summed E-state index contributed by atoms with van der Waals surface area (Å²) in [4.78, 5) is 4.63. The number of aliphatic hydroxyl groups is 1. The number of rotatable bonds is 8. The van der Waals surface area contributed by atoms with E-state index < -0.39 is 11.6 Å². The highest BCUT2D eigenvalue weighted by Crippen LogP contribution is 2.30. The van der Waals surface area contributed by atoms with Crippen molar-refractivity contribution in [2.75, 3.05) is 0 Å². The second-order valence-electron chi connectivity index (χ2n) is 8.11. The van der Waals surface area contributed by atoms with Gasteiger partial charge >= 0.3 is 0 Å². The maximum Gasteiger partial charge on any atom is 0.159 e. The molecule has 0 radical (unpaired) electrons. The molecule has 31 heavy (non-hydrogen) atoms. The minimum absolute atomic E-state index is 0.116. The average molecular weight is 440 g/mol. The number of hydrogen-bond donors (Lipinski definition) is 1. The van der Waals surface area contributed by atoms with E-state index in [0.29, 0.717) is 18.4 Å². The van der Waals surface area contributed by atoms with Gasteiger partial charge in [-0.25, -0.2) is 13.8 Å². The van der Waals surface area contributed by atoms with Crippen LogP contribution in [0.3, 0.4) is 0 Å². The van der Waals surface area contributed by atoms with Crippen molar-refractivity contribution in [1.82, 2.24) is 4.98 Å². The standard InChI is InChI=1S/C26H27F2NOS/c1-15(2)19(10-16(3)20-8-9-22(27)23(28)13-20)6-7-21-14-24-25(11-17(21)4)31-26(29-24)12-18(5)30/h8-9,11,13-14,30H,3,5-7,10,12H2,1-2,4H3. The van der Waals surface area contributed by atoms with E-state index in [1.165, 1.54) is 28.3 Å². The van der Waals surface area contributed by atoms with Gasteiger partial charge in [0.2, 0.25) is 0 Å². The molecule has 3 aromatic rings. The molecular formula is C26H27F2NOS. The van der Waals surface area contributed by atoms with Crippen molar-refractivity contribution in [2.24, 2.45) is 0 Å². The van der Waals surface area contributed by atoms with Gasteiger partial charge in [-0.15, -0.1) is 11.3 Å². The van der Waals surface area contributed by atoms with Gasteiger partial charge in [0, 0.05) is 0 Å². The molecule has 5 heteroatoms. The van der Waals surface area contributed by atoms with Crippen LogP contribution in [0.1, 0.15) is 48.4 Å². The largest absolute Gasteiger partial charge is 0.512 e. The molecule has 0 aliphatic carbocycles. The second-order valence-corrected chi connectivity index (χ2v) is 9.22. The lowest BCUT2D eigenvalue weighted by atomic mass is 9.92. The monoisotopic (exact) mass is 439 g/mol. The van der Waals surface area contributed by atoms with Crippen LogP contribution in [-0.4, -0.2) is 10.1 Å². The van der Waals surface area contributed by atoms with Gasteiger partial charge in [0.15, 0.2) is 11.6 Å². The van der Waals surface area contributed by atoms with E-state index in [4.69, 9.17) is 0 Å². The number of benzene rings is 2. The summed E-state index contributed by atoms with van der Waals surface area (Å²) >= 11 is 1.58. The summed E-state index contributed by atoms with van der Waals surface area (Å²) in [5.74, 6) is -1.59. The molecule has 0 aliphatic rings. The minimum Gasteiger partial charge on any atom is -0.512 e. The van der Waals surface area contributed by atoms with Crippen LogP contribution in [0.15, 0.2) is 60.4 Å². The summed E-state index contributed by atoms with van der Waals surface area (Å²) in [6.45, 7) is 13.9. The topological polar surface area (TPSA) is 33.1 Å². The Labute approximate surface area is 186 Å². The first-order chi connectivity index (χ1) is 14.6. The minimum atomic E-state index is -0.853. The third kappa shape index (κ3) is 5.67. The fourth-order valence-electron chi connectivity index (χ4n) is 3.56. The van der Waals surface area contributed by atoms with Crippen molar-refractivity contribution in [3.63, 3.8) is 0 Å². The van der Waals surface area contributed by atoms with Gasteiger partial charge in [0.05, 0.1) is 22.4 Å². The molecule has 0 saturated carbocycles. The third-order valence-corrected chi connectivity index (χ3v) is 6.42. The predicted molar refractivity (Wildman–Crippen MR) is 127 cm³/mol. The zero-order chi connectivity index (χ0) is 22.7. The molecule has 0 amide bonds. The van der Waals surface area contributed by atoms with Gasteiger partial charge in [-0.3, -0.25) is 0 Å². The number of aromatic nitrogens is 1. The molecule has 1 aromatic heterocycles. The van der Waals surface area contributed by atoms with Gasteiger partial charge < -0.3 is 5.11 Å². The molecule has 0 aliphatic heterocycles. The summed E-state index contributed by atoms with van der Waals surface area (Å²) in [5.41, 5.74) is 7.21. The van der Waals surface area contributed by atoms with Crippen LogP contribution in [-0.2, 0) is 12.8 Å². The lowest BCUT2D eigenvalue weighted by Gasteiger charge is -2.14. The third-order valence-electron chi connectivity index (χ3n) is 5.40. The summed E-state index contributed by atoms with van der Waals surface area (Å²) in [6, 6.07) is 8.19. The number of hydrogen-bond acceptors (Lipinski definition) is 3. The van der Waals surface area contributed by atoms with Crippen molar-refractivity contribution >= 4 is 27.1 Å². The van der Waals surface area contributed by atoms with Crippen LogP contribution in [0.5, 0.6) is 0 Å². The molecule has 0 unspecified atom stereocenters. The highest BCUT2D eigenvalue weighted by Gasteiger charge is 2.12. The predicted octanol–water partition coefficient (Wildman–Crippen LogP) is 7.87.